The quantitative estimate of drug-likeness (QED) is 0.686. The predicted molar refractivity (Wildman–Crippen MR) is 82.1 cm³/mol. The molecular weight excluding hydrogens is 346 g/mol. The Morgan fingerprint density at radius 1 is 0.739 bits per heavy atom. The van der Waals surface area contributed by atoms with Gasteiger partial charge in [-0.05, 0) is 24.3 Å². The van der Waals surface area contributed by atoms with Crippen LogP contribution in [0.15, 0.2) is 66.9 Å². The Balaban J connectivity index is 0.000000223. The predicted octanol–water partition coefficient (Wildman–Crippen LogP) is 3.32. The smallest absolute Gasteiger partial charge is 0.336 e. The van der Waals surface area contributed by atoms with Gasteiger partial charge in [-0.2, -0.15) is 0 Å². The van der Waals surface area contributed by atoms with Gasteiger partial charge in [-0.25, -0.2) is 9.59 Å². The Labute approximate surface area is 143 Å². The average molecular weight is 359 g/mol. The van der Waals surface area contributed by atoms with Crippen molar-refractivity contribution in [1.82, 2.24) is 4.98 Å². The first-order valence-electron chi connectivity index (χ1n) is 6.45. The number of carbonyl (C=O) groups is 2. The summed E-state index contributed by atoms with van der Waals surface area (Å²) in [5, 5.41) is 18.3. The van der Waals surface area contributed by atoms with Crippen LogP contribution in [0.1, 0.15) is 20.7 Å². The monoisotopic (exact) mass is 358 g/mol. The number of hydrogen-bond donors (Lipinski definition) is 2. The summed E-state index contributed by atoms with van der Waals surface area (Å²) in [4.78, 5) is 25.1. The third-order valence-corrected chi connectivity index (χ3v) is 2.90. The zero-order chi connectivity index (χ0) is 15.9. The second kappa shape index (κ2) is 8.68. The van der Waals surface area contributed by atoms with E-state index in [9.17, 15) is 9.59 Å². The molecule has 0 amide bonds. The molecule has 0 fully saturated rings. The largest absolute Gasteiger partial charge is 0.478 e. The summed E-state index contributed by atoms with van der Waals surface area (Å²) < 4.78 is 0. The minimum absolute atomic E-state index is 0. The van der Waals surface area contributed by atoms with E-state index in [1.54, 1.807) is 0 Å². The normalized spacial score (nSPS) is 9.22. The Morgan fingerprint density at radius 2 is 1.22 bits per heavy atom. The van der Waals surface area contributed by atoms with E-state index in [2.05, 4.69) is 17.1 Å². The standard InChI is InChI=1S/C9H7N.C8H6O4.Cu/c1-2-6-9-8(4-1)5-3-7-10-9;9-7(10)5-3-1-2-4-6(5)8(11)12;/h1-7H;1-4H,(H,9,10)(H,11,12);. The molecule has 2 N–H and O–H groups in total. The summed E-state index contributed by atoms with van der Waals surface area (Å²) >= 11 is 0. The molecule has 2 aromatic carbocycles. The second-order valence-corrected chi connectivity index (χ2v) is 4.35. The van der Waals surface area contributed by atoms with Crippen molar-refractivity contribution in [2.75, 3.05) is 0 Å². The number of hydrogen-bond acceptors (Lipinski definition) is 3. The van der Waals surface area contributed by atoms with Gasteiger partial charge in [-0.15, -0.1) is 0 Å². The van der Waals surface area contributed by atoms with E-state index in [-0.39, 0.29) is 28.2 Å². The van der Waals surface area contributed by atoms with Gasteiger partial charge in [-0.3, -0.25) is 4.98 Å². The van der Waals surface area contributed by atoms with Crippen molar-refractivity contribution in [3.8, 4) is 0 Å². The molecule has 6 heteroatoms. The molecule has 1 radical (unpaired) electrons. The average Bonchev–Trinajstić information content (AvgIpc) is 2.55. The van der Waals surface area contributed by atoms with Crippen LogP contribution in [0.5, 0.6) is 0 Å². The van der Waals surface area contributed by atoms with Gasteiger partial charge in [-0.1, -0.05) is 36.4 Å². The topological polar surface area (TPSA) is 87.5 Å². The van der Waals surface area contributed by atoms with E-state index in [0.29, 0.717) is 0 Å². The molecule has 5 nitrogen and oxygen atoms in total. The molecule has 0 saturated carbocycles. The summed E-state index contributed by atoms with van der Waals surface area (Å²) in [6.07, 6.45) is 1.81. The molecule has 3 rings (SSSR count). The van der Waals surface area contributed by atoms with E-state index in [1.807, 2.05) is 30.5 Å². The van der Waals surface area contributed by atoms with Gasteiger partial charge in [0, 0.05) is 28.7 Å². The first-order valence-corrected chi connectivity index (χ1v) is 6.45. The second-order valence-electron chi connectivity index (χ2n) is 4.35. The summed E-state index contributed by atoms with van der Waals surface area (Å²) in [5.41, 5.74) is 0.681. The Kier molecular flexibility index (Phi) is 6.93. The number of aromatic nitrogens is 1. The SMILES string of the molecule is O=C(O)c1ccccc1C(=O)O.[Cu].c1ccc2ncccc2c1. The Hall–Kier alpha value is -2.69. The summed E-state index contributed by atoms with van der Waals surface area (Å²) in [6.45, 7) is 0. The van der Waals surface area contributed by atoms with E-state index in [0.717, 1.165) is 5.52 Å². The summed E-state index contributed by atoms with van der Waals surface area (Å²) in [6, 6.07) is 17.6. The number of carboxylic acids is 2. The molecule has 0 saturated heterocycles. The fraction of sp³-hybridized carbons (Fsp3) is 0. The maximum absolute atomic E-state index is 10.5. The van der Waals surface area contributed by atoms with Crippen LogP contribution in [0.4, 0.5) is 0 Å². The van der Waals surface area contributed by atoms with Gasteiger partial charge in [0.1, 0.15) is 0 Å². The molecule has 1 heterocycles. The van der Waals surface area contributed by atoms with Crippen LogP contribution in [0.3, 0.4) is 0 Å². The number of fused-ring (bicyclic) bond motifs is 1. The number of pyridine rings is 1. The molecule has 3 aromatic rings. The molecule has 0 aliphatic carbocycles. The molecule has 0 aliphatic heterocycles. The van der Waals surface area contributed by atoms with Crippen molar-refractivity contribution in [1.29, 1.82) is 0 Å². The first kappa shape index (κ1) is 18.4. The van der Waals surface area contributed by atoms with Crippen LogP contribution in [-0.4, -0.2) is 27.1 Å². The van der Waals surface area contributed by atoms with Crippen LogP contribution < -0.4 is 0 Å². The first-order chi connectivity index (χ1) is 10.6. The van der Waals surface area contributed by atoms with E-state index in [1.165, 1.54) is 29.7 Å². The van der Waals surface area contributed by atoms with Crippen molar-refractivity contribution in [3.63, 3.8) is 0 Å². The molecule has 0 spiro atoms. The number of aromatic carboxylic acids is 2. The van der Waals surface area contributed by atoms with Crippen molar-refractivity contribution in [2.45, 2.75) is 0 Å². The van der Waals surface area contributed by atoms with Gasteiger partial charge in [0.25, 0.3) is 0 Å². The number of carboxylic acid groups (broad SMARTS) is 2. The molecule has 0 bridgehead atoms. The van der Waals surface area contributed by atoms with Crippen molar-refractivity contribution >= 4 is 22.8 Å². The minimum atomic E-state index is -1.23. The molecule has 0 unspecified atom stereocenters. The van der Waals surface area contributed by atoms with Crippen LogP contribution in [0, 0.1) is 0 Å². The molecular formula is C17H13CuNO4. The molecule has 23 heavy (non-hydrogen) atoms. The van der Waals surface area contributed by atoms with E-state index < -0.39 is 11.9 Å². The van der Waals surface area contributed by atoms with Crippen LogP contribution >= 0.6 is 0 Å². The number of rotatable bonds is 2. The molecule has 0 aliphatic rings. The number of benzene rings is 2. The van der Waals surface area contributed by atoms with Crippen molar-refractivity contribution in [2.24, 2.45) is 0 Å². The van der Waals surface area contributed by atoms with Crippen LogP contribution in [-0.2, 0) is 17.1 Å². The number of nitrogens with zero attached hydrogens (tertiary/aromatic N) is 1. The fourth-order valence-electron chi connectivity index (χ4n) is 1.87. The third-order valence-electron chi connectivity index (χ3n) is 2.90. The maximum atomic E-state index is 10.5. The van der Waals surface area contributed by atoms with Crippen LogP contribution in [0.25, 0.3) is 10.9 Å². The zero-order valence-corrected chi connectivity index (χ0v) is 12.8. The number of para-hydroxylation sites is 1. The van der Waals surface area contributed by atoms with Gasteiger partial charge >= 0.3 is 11.9 Å². The van der Waals surface area contributed by atoms with Gasteiger partial charge in [0.05, 0.1) is 16.6 Å². The Morgan fingerprint density at radius 3 is 1.74 bits per heavy atom. The fourth-order valence-corrected chi connectivity index (χ4v) is 1.87. The molecule has 0 atom stereocenters. The van der Waals surface area contributed by atoms with Crippen LogP contribution in [0.2, 0.25) is 0 Å². The van der Waals surface area contributed by atoms with Crippen molar-refractivity contribution < 1.29 is 36.9 Å². The zero-order valence-electron chi connectivity index (χ0n) is 11.8. The molecule has 1 aromatic heterocycles. The summed E-state index contributed by atoms with van der Waals surface area (Å²) in [7, 11) is 0. The molecule has 121 valence electrons. The van der Waals surface area contributed by atoms with E-state index in [4.69, 9.17) is 10.2 Å². The maximum Gasteiger partial charge on any atom is 0.336 e. The van der Waals surface area contributed by atoms with E-state index >= 15 is 0 Å². The van der Waals surface area contributed by atoms with Crippen molar-refractivity contribution in [3.05, 3.63) is 78.0 Å². The summed E-state index contributed by atoms with van der Waals surface area (Å²) in [5.74, 6) is -2.46. The Bertz CT molecular complexity index is 722. The minimum Gasteiger partial charge on any atom is -0.478 e. The van der Waals surface area contributed by atoms with Gasteiger partial charge in [0.2, 0.25) is 0 Å². The van der Waals surface area contributed by atoms with Gasteiger partial charge in [0.15, 0.2) is 0 Å². The van der Waals surface area contributed by atoms with Gasteiger partial charge < -0.3 is 10.2 Å². The third kappa shape index (κ3) is 4.91.